The average Bonchev–Trinajstić information content (AvgIpc) is 2.15. The first-order valence-corrected chi connectivity index (χ1v) is 6.53. The predicted octanol–water partition coefficient (Wildman–Crippen LogP) is 2.29. The van der Waals surface area contributed by atoms with E-state index in [0.29, 0.717) is 0 Å². The topological polar surface area (TPSA) is 46.2 Å². The molecule has 0 bridgehead atoms. The van der Waals surface area contributed by atoms with Crippen molar-refractivity contribution in [2.75, 3.05) is 0 Å². The first kappa shape index (κ1) is 13.3. The highest BCUT2D eigenvalue weighted by Crippen LogP contribution is 2.22. The molecule has 1 unspecified atom stereocenters. The molecule has 0 radical (unpaired) electrons. The minimum absolute atomic E-state index is 0.00731. The highest BCUT2D eigenvalue weighted by molar-refractivity contribution is 7.89. The van der Waals surface area contributed by atoms with Crippen molar-refractivity contribution in [3.63, 3.8) is 0 Å². The summed E-state index contributed by atoms with van der Waals surface area (Å²) < 4.78 is 25.9. The Balaban J connectivity index is 3.13. The van der Waals surface area contributed by atoms with Gasteiger partial charge < -0.3 is 0 Å². The Kier molecular flexibility index (Phi) is 4.22. The number of hydrogen-bond donors (Lipinski definition) is 1. The van der Waals surface area contributed by atoms with Crippen LogP contribution in [0.4, 0.5) is 0 Å². The number of rotatable bonds is 3. The van der Waals surface area contributed by atoms with Gasteiger partial charge in [-0.15, -0.1) is 6.42 Å². The zero-order valence-corrected chi connectivity index (χ0v) is 10.7. The van der Waals surface area contributed by atoms with Crippen molar-refractivity contribution in [1.82, 2.24) is 4.72 Å². The molecule has 0 saturated carbocycles. The van der Waals surface area contributed by atoms with Crippen LogP contribution in [0.15, 0.2) is 23.1 Å². The van der Waals surface area contributed by atoms with Crippen LogP contribution in [-0.4, -0.2) is 14.5 Å². The Morgan fingerprint density at radius 1 is 1.31 bits per heavy atom. The van der Waals surface area contributed by atoms with E-state index in [2.05, 4.69) is 10.6 Å². The Hall–Kier alpha value is -0.730. The van der Waals surface area contributed by atoms with E-state index in [1.807, 2.05) is 0 Å². The predicted molar refractivity (Wildman–Crippen MR) is 65.1 cm³/mol. The third-order valence-electron chi connectivity index (χ3n) is 1.73. The Labute approximate surface area is 105 Å². The van der Waals surface area contributed by atoms with Crippen molar-refractivity contribution in [3.05, 3.63) is 28.2 Å². The van der Waals surface area contributed by atoms with Crippen molar-refractivity contribution in [2.45, 2.75) is 17.9 Å². The molecular weight excluding hydrogens is 269 g/mol. The number of halogens is 2. The lowest BCUT2D eigenvalue weighted by Gasteiger charge is -2.09. The van der Waals surface area contributed by atoms with Crippen molar-refractivity contribution in [3.8, 4) is 12.3 Å². The zero-order valence-electron chi connectivity index (χ0n) is 8.37. The van der Waals surface area contributed by atoms with Gasteiger partial charge >= 0.3 is 0 Å². The van der Waals surface area contributed by atoms with Crippen LogP contribution in [-0.2, 0) is 10.0 Å². The Morgan fingerprint density at radius 3 is 2.25 bits per heavy atom. The van der Waals surface area contributed by atoms with Crippen LogP contribution in [0.5, 0.6) is 0 Å². The molecule has 0 aliphatic rings. The summed E-state index contributed by atoms with van der Waals surface area (Å²) in [5.74, 6) is 2.26. The quantitative estimate of drug-likeness (QED) is 0.862. The molecule has 0 fully saturated rings. The third-order valence-corrected chi connectivity index (χ3v) is 3.68. The minimum atomic E-state index is -3.68. The van der Waals surface area contributed by atoms with Crippen molar-refractivity contribution in [1.29, 1.82) is 0 Å². The molecule has 16 heavy (non-hydrogen) atoms. The molecule has 0 heterocycles. The summed E-state index contributed by atoms with van der Waals surface area (Å²) in [5, 5.41) is 0.502. The number of terminal acetylenes is 1. The lowest BCUT2D eigenvalue weighted by Crippen LogP contribution is -2.31. The molecule has 86 valence electrons. The molecule has 0 aliphatic carbocycles. The highest BCUT2D eigenvalue weighted by atomic mass is 35.5. The maximum absolute atomic E-state index is 11.8. The van der Waals surface area contributed by atoms with Crippen LogP contribution in [0.1, 0.15) is 6.92 Å². The van der Waals surface area contributed by atoms with E-state index in [1.54, 1.807) is 6.92 Å². The van der Waals surface area contributed by atoms with Crippen molar-refractivity contribution in [2.24, 2.45) is 0 Å². The SMILES string of the molecule is C#CC(C)NS(=O)(=O)c1cc(Cl)cc(Cl)c1. The zero-order chi connectivity index (χ0) is 12.3. The molecule has 0 saturated heterocycles. The van der Waals surface area contributed by atoms with E-state index < -0.39 is 16.1 Å². The molecule has 0 aliphatic heterocycles. The number of hydrogen-bond acceptors (Lipinski definition) is 2. The van der Waals surface area contributed by atoms with Crippen LogP contribution < -0.4 is 4.72 Å². The lowest BCUT2D eigenvalue weighted by molar-refractivity contribution is 0.577. The van der Waals surface area contributed by atoms with Crippen molar-refractivity contribution >= 4 is 33.2 Å². The summed E-state index contributed by atoms with van der Waals surface area (Å²) in [6, 6.07) is 3.47. The first-order valence-electron chi connectivity index (χ1n) is 4.29. The maximum atomic E-state index is 11.8. The number of sulfonamides is 1. The number of benzene rings is 1. The molecule has 0 aromatic heterocycles. The summed E-state index contributed by atoms with van der Waals surface area (Å²) in [5.41, 5.74) is 0. The summed E-state index contributed by atoms with van der Waals surface area (Å²) in [6.45, 7) is 1.56. The third kappa shape index (κ3) is 3.39. The lowest BCUT2D eigenvalue weighted by atomic mass is 10.4. The summed E-state index contributed by atoms with van der Waals surface area (Å²) in [4.78, 5) is -0.00731. The van der Waals surface area contributed by atoms with Gasteiger partial charge in [0.15, 0.2) is 0 Å². The second-order valence-corrected chi connectivity index (χ2v) is 5.70. The van der Waals surface area contributed by atoms with E-state index in [-0.39, 0.29) is 14.9 Å². The average molecular weight is 278 g/mol. The molecule has 3 nitrogen and oxygen atoms in total. The minimum Gasteiger partial charge on any atom is -0.207 e. The Morgan fingerprint density at radius 2 is 1.81 bits per heavy atom. The fourth-order valence-electron chi connectivity index (χ4n) is 1.02. The Bertz CT molecular complexity index is 514. The van der Waals surface area contributed by atoms with Gasteiger partial charge in [-0.05, 0) is 25.1 Å². The first-order chi connectivity index (χ1) is 7.35. The van der Waals surface area contributed by atoms with Gasteiger partial charge in [-0.3, -0.25) is 0 Å². The largest absolute Gasteiger partial charge is 0.241 e. The second kappa shape index (κ2) is 5.07. The van der Waals surface area contributed by atoms with Crippen LogP contribution in [0.2, 0.25) is 10.0 Å². The monoisotopic (exact) mass is 277 g/mol. The van der Waals surface area contributed by atoms with Gasteiger partial charge in [-0.25, -0.2) is 8.42 Å². The second-order valence-electron chi connectivity index (χ2n) is 3.11. The van der Waals surface area contributed by atoms with Crippen LogP contribution in [0.3, 0.4) is 0 Å². The van der Waals surface area contributed by atoms with E-state index >= 15 is 0 Å². The molecule has 0 amide bonds. The molecular formula is C10H9Cl2NO2S. The summed E-state index contributed by atoms with van der Waals surface area (Å²) in [6.07, 6.45) is 5.09. The standard InChI is InChI=1S/C10H9Cl2NO2S/c1-3-7(2)13-16(14,15)10-5-8(11)4-9(12)6-10/h1,4-7,13H,2H3. The molecule has 1 atom stereocenters. The van der Waals surface area contributed by atoms with E-state index in [0.717, 1.165) is 0 Å². The molecule has 6 heteroatoms. The van der Waals surface area contributed by atoms with Gasteiger partial charge in [0.1, 0.15) is 0 Å². The van der Waals surface area contributed by atoms with Gasteiger partial charge in [-0.1, -0.05) is 29.1 Å². The molecule has 1 N–H and O–H groups in total. The van der Waals surface area contributed by atoms with Crippen LogP contribution in [0.25, 0.3) is 0 Å². The van der Waals surface area contributed by atoms with Crippen molar-refractivity contribution < 1.29 is 8.42 Å². The molecule has 1 aromatic carbocycles. The van der Waals surface area contributed by atoms with E-state index in [4.69, 9.17) is 29.6 Å². The normalized spacial score (nSPS) is 13.1. The summed E-state index contributed by atoms with van der Waals surface area (Å²) in [7, 11) is -3.68. The highest BCUT2D eigenvalue weighted by Gasteiger charge is 2.17. The van der Waals surface area contributed by atoms with E-state index in [1.165, 1.54) is 18.2 Å². The van der Waals surface area contributed by atoms with Crippen LogP contribution >= 0.6 is 23.2 Å². The molecule has 0 spiro atoms. The van der Waals surface area contributed by atoms with E-state index in [9.17, 15) is 8.42 Å². The smallest absolute Gasteiger partial charge is 0.207 e. The maximum Gasteiger partial charge on any atom is 0.241 e. The van der Waals surface area contributed by atoms with Gasteiger partial charge in [0.05, 0.1) is 10.9 Å². The van der Waals surface area contributed by atoms with Crippen LogP contribution in [0, 0.1) is 12.3 Å². The number of nitrogens with one attached hydrogen (secondary N) is 1. The molecule has 1 aromatic rings. The van der Waals surface area contributed by atoms with Gasteiger partial charge in [0.2, 0.25) is 10.0 Å². The summed E-state index contributed by atoms with van der Waals surface area (Å²) >= 11 is 11.4. The fraction of sp³-hybridized carbons (Fsp3) is 0.200. The molecule has 1 rings (SSSR count). The van der Waals surface area contributed by atoms with Gasteiger partial charge in [0, 0.05) is 10.0 Å². The van der Waals surface area contributed by atoms with Gasteiger partial charge in [-0.2, -0.15) is 4.72 Å². The fourth-order valence-corrected chi connectivity index (χ4v) is 2.91. The van der Waals surface area contributed by atoms with Gasteiger partial charge in [0.25, 0.3) is 0 Å².